The normalized spacial score (nSPS) is 25.6. The lowest BCUT2D eigenvalue weighted by atomic mass is 9.88. The van der Waals surface area contributed by atoms with E-state index in [1.54, 1.807) is 19.5 Å². The Morgan fingerprint density at radius 3 is 2.89 bits per heavy atom. The average molecular weight is 369 g/mol. The molecule has 1 fully saturated rings. The molecule has 27 heavy (non-hydrogen) atoms. The van der Waals surface area contributed by atoms with Crippen molar-refractivity contribution in [3.63, 3.8) is 0 Å². The number of anilines is 3. The van der Waals surface area contributed by atoms with Gasteiger partial charge in [-0.1, -0.05) is 12.2 Å². The van der Waals surface area contributed by atoms with E-state index >= 15 is 0 Å². The Balaban J connectivity index is 1.58. The molecule has 0 unspecified atom stereocenters. The molecule has 2 aromatic heterocycles. The summed E-state index contributed by atoms with van der Waals surface area (Å²) in [5, 5.41) is 10.7. The first-order chi connectivity index (χ1) is 13.1. The van der Waals surface area contributed by atoms with Gasteiger partial charge in [0.05, 0.1) is 31.1 Å². The summed E-state index contributed by atoms with van der Waals surface area (Å²) in [5.74, 6) is 1.38. The number of ether oxygens (including phenoxy) is 1. The fourth-order valence-electron chi connectivity index (χ4n) is 3.98. The minimum Gasteiger partial charge on any atom is -0.491 e. The number of hydrogen-bond donors (Lipinski definition) is 3. The molecule has 2 heterocycles. The van der Waals surface area contributed by atoms with Gasteiger partial charge in [-0.25, -0.2) is 4.98 Å². The Kier molecular flexibility index (Phi) is 4.43. The molecule has 2 aliphatic carbocycles. The van der Waals surface area contributed by atoms with Crippen LogP contribution in [-0.2, 0) is 11.3 Å². The fourth-order valence-corrected chi connectivity index (χ4v) is 3.98. The van der Waals surface area contributed by atoms with Crippen molar-refractivity contribution >= 4 is 23.4 Å². The van der Waals surface area contributed by atoms with Gasteiger partial charge in [0.1, 0.15) is 0 Å². The van der Waals surface area contributed by atoms with Crippen molar-refractivity contribution in [1.29, 1.82) is 0 Å². The molecule has 0 aliphatic heterocycles. The minimum atomic E-state index is -0.289. The van der Waals surface area contributed by atoms with Crippen LogP contribution in [0.5, 0.6) is 5.75 Å². The number of methoxy groups -OCH3 is 1. The Morgan fingerprint density at radius 2 is 2.19 bits per heavy atom. The number of fused-ring (bicyclic) bond motifs is 2. The first kappa shape index (κ1) is 17.3. The number of rotatable bonds is 7. The van der Waals surface area contributed by atoms with Crippen LogP contribution in [0.4, 0.5) is 17.5 Å². The van der Waals surface area contributed by atoms with Crippen molar-refractivity contribution < 1.29 is 9.53 Å². The Morgan fingerprint density at radius 1 is 1.37 bits per heavy atom. The van der Waals surface area contributed by atoms with Gasteiger partial charge in [0.15, 0.2) is 11.6 Å². The summed E-state index contributed by atoms with van der Waals surface area (Å²) in [4.78, 5) is 20.8. The van der Waals surface area contributed by atoms with E-state index < -0.39 is 0 Å². The van der Waals surface area contributed by atoms with E-state index in [2.05, 4.69) is 37.9 Å². The first-order valence-electron chi connectivity index (χ1n) is 9.03. The van der Waals surface area contributed by atoms with Crippen LogP contribution in [-0.4, -0.2) is 38.8 Å². The average Bonchev–Trinajstić information content (AvgIpc) is 3.38. The summed E-state index contributed by atoms with van der Waals surface area (Å²) >= 11 is 0. The van der Waals surface area contributed by atoms with Crippen molar-refractivity contribution in [2.24, 2.45) is 23.5 Å². The van der Waals surface area contributed by atoms with Gasteiger partial charge in [0.25, 0.3) is 0 Å². The van der Waals surface area contributed by atoms with Gasteiger partial charge in [0.2, 0.25) is 11.9 Å². The number of carbonyl (C=O) groups excluding carboxylic acids is 1. The Labute approximate surface area is 157 Å². The molecule has 1 saturated carbocycles. The van der Waals surface area contributed by atoms with E-state index in [4.69, 9.17) is 10.5 Å². The second kappa shape index (κ2) is 6.90. The molecular formula is C18H23N7O2. The van der Waals surface area contributed by atoms with E-state index in [-0.39, 0.29) is 29.7 Å². The highest BCUT2D eigenvalue weighted by Gasteiger charge is 2.47. The van der Waals surface area contributed by atoms with Crippen molar-refractivity contribution in [2.75, 3.05) is 17.7 Å². The topological polar surface area (TPSA) is 120 Å². The number of amides is 1. The standard InChI is InChI=1S/C18H23N7O2/c1-3-25-9-12(7-21-25)22-18-20-8-13(27-2)17(24-18)23-15-11-5-4-10(6-11)14(15)16(19)26/h4-5,7-11,14-15H,3,6H2,1-2H3,(H2,19,26)(H2,20,22,23,24)/t10-,11+,14+,15-/m0/s1. The zero-order valence-electron chi connectivity index (χ0n) is 15.3. The van der Waals surface area contributed by atoms with Gasteiger partial charge >= 0.3 is 0 Å². The number of aromatic nitrogens is 4. The predicted molar refractivity (Wildman–Crippen MR) is 101 cm³/mol. The summed E-state index contributed by atoms with van der Waals surface area (Å²) in [6.45, 7) is 2.80. The van der Waals surface area contributed by atoms with Gasteiger partial charge in [-0.3, -0.25) is 9.48 Å². The third-order valence-corrected chi connectivity index (χ3v) is 5.28. The van der Waals surface area contributed by atoms with E-state index in [1.807, 2.05) is 17.8 Å². The number of primary amides is 1. The Bertz CT molecular complexity index is 878. The molecule has 0 aromatic carbocycles. The highest BCUT2D eigenvalue weighted by molar-refractivity contribution is 5.80. The third kappa shape index (κ3) is 3.20. The molecule has 4 N–H and O–H groups in total. The predicted octanol–water partition coefficient (Wildman–Crippen LogP) is 1.53. The number of nitrogens with one attached hydrogen (secondary N) is 2. The van der Waals surface area contributed by atoms with Gasteiger partial charge in [0, 0.05) is 18.8 Å². The SMILES string of the molecule is CCn1cc(Nc2ncc(OC)c(N[C@@H]3[C@H](C(N)=O)[C@H]4C=C[C@@H]3C4)n2)cn1. The molecular weight excluding hydrogens is 346 g/mol. The second-order valence-corrected chi connectivity index (χ2v) is 6.87. The number of allylic oxidation sites excluding steroid dienone is 1. The lowest BCUT2D eigenvalue weighted by molar-refractivity contribution is -0.122. The van der Waals surface area contributed by atoms with E-state index in [0.29, 0.717) is 17.5 Å². The number of carbonyl (C=O) groups is 1. The summed E-state index contributed by atoms with van der Waals surface area (Å²) in [5.41, 5.74) is 6.45. The molecule has 2 aliphatic rings. The molecule has 9 nitrogen and oxygen atoms in total. The van der Waals surface area contributed by atoms with E-state index in [9.17, 15) is 4.79 Å². The minimum absolute atomic E-state index is 0.100. The zero-order chi connectivity index (χ0) is 19.0. The molecule has 142 valence electrons. The molecule has 1 amide bonds. The van der Waals surface area contributed by atoms with Crippen molar-refractivity contribution in [3.8, 4) is 5.75 Å². The fraction of sp³-hybridized carbons (Fsp3) is 0.444. The highest BCUT2D eigenvalue weighted by Crippen LogP contribution is 2.45. The summed E-state index contributed by atoms with van der Waals surface area (Å²) < 4.78 is 7.20. The lowest BCUT2D eigenvalue weighted by Crippen LogP contribution is -2.41. The summed E-state index contributed by atoms with van der Waals surface area (Å²) in [7, 11) is 1.56. The van der Waals surface area contributed by atoms with Crippen LogP contribution in [0.3, 0.4) is 0 Å². The first-order valence-corrected chi connectivity index (χ1v) is 9.03. The van der Waals surface area contributed by atoms with Crippen molar-refractivity contribution in [2.45, 2.75) is 25.9 Å². The van der Waals surface area contributed by atoms with Crippen LogP contribution in [0.1, 0.15) is 13.3 Å². The van der Waals surface area contributed by atoms with Crippen molar-refractivity contribution in [3.05, 3.63) is 30.7 Å². The Hall–Kier alpha value is -3.10. The highest BCUT2D eigenvalue weighted by atomic mass is 16.5. The molecule has 4 rings (SSSR count). The maximum Gasteiger partial charge on any atom is 0.229 e. The number of hydrogen-bond acceptors (Lipinski definition) is 7. The molecule has 2 aromatic rings. The maximum atomic E-state index is 11.9. The maximum absolute atomic E-state index is 11.9. The molecule has 2 bridgehead atoms. The number of nitrogens with two attached hydrogens (primary N) is 1. The quantitative estimate of drug-likeness (QED) is 0.633. The van der Waals surface area contributed by atoms with Crippen molar-refractivity contribution in [1.82, 2.24) is 19.7 Å². The van der Waals surface area contributed by atoms with Gasteiger partial charge < -0.3 is 21.1 Å². The molecule has 0 spiro atoms. The molecule has 0 radical (unpaired) electrons. The summed E-state index contributed by atoms with van der Waals surface area (Å²) in [6, 6.07) is -0.100. The van der Waals surface area contributed by atoms with Crippen LogP contribution in [0.15, 0.2) is 30.7 Å². The number of aryl methyl sites for hydroxylation is 1. The monoisotopic (exact) mass is 369 g/mol. The van der Waals surface area contributed by atoms with Crippen LogP contribution in [0, 0.1) is 17.8 Å². The van der Waals surface area contributed by atoms with Gasteiger partial charge in [-0.05, 0) is 25.2 Å². The largest absolute Gasteiger partial charge is 0.491 e. The second-order valence-electron chi connectivity index (χ2n) is 6.87. The van der Waals surface area contributed by atoms with E-state index in [1.165, 1.54) is 0 Å². The van der Waals surface area contributed by atoms with Crippen LogP contribution >= 0.6 is 0 Å². The van der Waals surface area contributed by atoms with Crippen LogP contribution < -0.4 is 21.1 Å². The van der Waals surface area contributed by atoms with E-state index in [0.717, 1.165) is 18.7 Å². The lowest BCUT2D eigenvalue weighted by Gasteiger charge is -2.27. The third-order valence-electron chi connectivity index (χ3n) is 5.28. The number of nitrogens with zero attached hydrogens (tertiary/aromatic N) is 4. The smallest absolute Gasteiger partial charge is 0.229 e. The van der Waals surface area contributed by atoms with Crippen LogP contribution in [0.25, 0.3) is 0 Å². The van der Waals surface area contributed by atoms with Crippen LogP contribution in [0.2, 0.25) is 0 Å². The van der Waals surface area contributed by atoms with Gasteiger partial charge in [-0.15, -0.1) is 0 Å². The summed E-state index contributed by atoms with van der Waals surface area (Å²) in [6.07, 6.45) is 10.4. The molecule has 9 heteroatoms. The zero-order valence-corrected chi connectivity index (χ0v) is 15.3. The molecule has 0 saturated heterocycles. The van der Waals surface area contributed by atoms with Gasteiger partial charge in [-0.2, -0.15) is 10.1 Å². The molecule has 4 atom stereocenters.